The molecule has 2 aliphatic carbocycles. The fraction of sp³-hybridized carbons (Fsp3) is 0.846. The number of carbonyl (C=O) groups is 1. The maximum atomic E-state index is 13.7. The molecule has 1 aromatic heterocycles. The molecule has 10 heteroatoms. The van der Waals surface area contributed by atoms with E-state index in [-0.39, 0.29) is 42.3 Å². The first-order valence-corrected chi connectivity index (χ1v) is 14.0. The van der Waals surface area contributed by atoms with E-state index >= 15 is 0 Å². The Morgan fingerprint density at radius 1 is 1.08 bits per heavy atom. The van der Waals surface area contributed by atoms with E-state index in [1.54, 1.807) is 4.68 Å². The fourth-order valence-electron chi connectivity index (χ4n) is 7.45. The largest absolute Gasteiger partial charge is 0.355 e. The first-order valence-electron chi connectivity index (χ1n) is 14.0. The van der Waals surface area contributed by atoms with Crippen molar-refractivity contribution in [3.8, 4) is 0 Å². The molecular weight excluding hydrogens is 464 g/mol. The standard InChI is InChI=1S/C26H41F2N7O/c1-33-14-18(13-30-33)31-24-29-17-25(10-6-4-2-3-5-7-11-25)23(32-24)34-15-19-8-9-20(16-34)35(19)22(36)21-12-26(21,27)28/h13-14,19-21,23-24,29,31-32H,2-12,15-17H2,1H3/t19-,20+,21-,23?,24?/m0/s1. The fourth-order valence-corrected chi connectivity index (χ4v) is 7.45. The molecule has 5 fully saturated rings. The minimum absolute atomic E-state index is 0.0439. The van der Waals surface area contributed by atoms with Gasteiger partial charge in [-0.2, -0.15) is 5.10 Å². The summed E-state index contributed by atoms with van der Waals surface area (Å²) in [4.78, 5) is 17.4. The van der Waals surface area contributed by atoms with Gasteiger partial charge in [0.15, 0.2) is 0 Å². The van der Waals surface area contributed by atoms with Crippen molar-refractivity contribution in [2.45, 2.75) is 101 Å². The number of fused-ring (bicyclic) bond motifs is 2. The number of alkyl halides is 2. The van der Waals surface area contributed by atoms with Crippen LogP contribution in [0, 0.1) is 11.3 Å². The topological polar surface area (TPSA) is 77.5 Å². The van der Waals surface area contributed by atoms with E-state index in [1.165, 1.54) is 51.4 Å². The first kappa shape index (κ1) is 24.6. The van der Waals surface area contributed by atoms with Crippen LogP contribution >= 0.6 is 0 Å². The van der Waals surface area contributed by atoms with Crippen LogP contribution < -0.4 is 16.0 Å². The van der Waals surface area contributed by atoms with Gasteiger partial charge in [0.2, 0.25) is 5.91 Å². The predicted molar refractivity (Wildman–Crippen MR) is 133 cm³/mol. The molecule has 3 saturated heterocycles. The summed E-state index contributed by atoms with van der Waals surface area (Å²) in [5, 5.41) is 15.5. The van der Waals surface area contributed by atoms with E-state index in [1.807, 2.05) is 24.3 Å². The molecule has 5 aliphatic rings. The van der Waals surface area contributed by atoms with Gasteiger partial charge >= 0.3 is 0 Å². The van der Waals surface area contributed by atoms with Crippen molar-refractivity contribution in [1.82, 2.24) is 30.2 Å². The number of amides is 1. The summed E-state index contributed by atoms with van der Waals surface area (Å²) in [6.07, 6.45) is 15.5. The lowest BCUT2D eigenvalue weighted by molar-refractivity contribution is -0.143. The quantitative estimate of drug-likeness (QED) is 0.584. The van der Waals surface area contributed by atoms with Crippen LogP contribution in [0.4, 0.5) is 14.5 Å². The lowest BCUT2D eigenvalue weighted by Crippen LogP contribution is -2.73. The number of piperazine rings is 1. The third kappa shape index (κ3) is 4.65. The molecule has 0 radical (unpaired) electrons. The number of hydrogen-bond acceptors (Lipinski definition) is 6. The van der Waals surface area contributed by atoms with Gasteiger partial charge in [0, 0.05) is 56.8 Å². The van der Waals surface area contributed by atoms with Crippen molar-refractivity contribution in [3.05, 3.63) is 12.4 Å². The molecule has 36 heavy (non-hydrogen) atoms. The molecule has 6 rings (SSSR count). The third-order valence-electron chi connectivity index (χ3n) is 9.43. The van der Waals surface area contributed by atoms with E-state index in [0.29, 0.717) is 0 Å². The summed E-state index contributed by atoms with van der Waals surface area (Å²) in [7, 11) is 1.91. The minimum Gasteiger partial charge on any atom is -0.355 e. The first-order chi connectivity index (χ1) is 17.3. The Bertz CT molecular complexity index is 930. The van der Waals surface area contributed by atoms with Crippen LogP contribution in [-0.4, -0.2) is 75.6 Å². The van der Waals surface area contributed by atoms with Gasteiger partial charge in [0.1, 0.15) is 12.2 Å². The van der Waals surface area contributed by atoms with Gasteiger partial charge in [0.25, 0.3) is 5.92 Å². The van der Waals surface area contributed by atoms with E-state index < -0.39 is 11.8 Å². The summed E-state index contributed by atoms with van der Waals surface area (Å²) >= 11 is 0. The van der Waals surface area contributed by atoms with Gasteiger partial charge < -0.3 is 10.2 Å². The Balaban J connectivity index is 1.22. The number of nitrogens with one attached hydrogen (secondary N) is 3. The smallest absolute Gasteiger partial charge is 0.260 e. The van der Waals surface area contributed by atoms with Crippen LogP contribution in [0.1, 0.15) is 70.6 Å². The van der Waals surface area contributed by atoms with Crippen LogP contribution in [0.2, 0.25) is 0 Å². The SMILES string of the molecule is Cn1cc(NC2NCC3(CCCCCCCC3)C(N3C[C@H]4CC[C@@H](C3)N4C(=O)[C@@H]3CC3(F)F)N2)cn1. The molecule has 0 aromatic carbocycles. The van der Waals surface area contributed by atoms with Crippen molar-refractivity contribution in [2.24, 2.45) is 18.4 Å². The highest BCUT2D eigenvalue weighted by Crippen LogP contribution is 2.51. The highest BCUT2D eigenvalue weighted by Gasteiger charge is 2.64. The van der Waals surface area contributed by atoms with E-state index in [9.17, 15) is 13.6 Å². The summed E-state index contributed by atoms with van der Waals surface area (Å²) in [5.74, 6) is -4.19. The zero-order chi connectivity index (χ0) is 24.9. The number of nitrogens with zero attached hydrogens (tertiary/aromatic N) is 4. The van der Waals surface area contributed by atoms with Crippen LogP contribution in [0.3, 0.4) is 0 Å². The maximum absolute atomic E-state index is 13.7. The predicted octanol–water partition coefficient (Wildman–Crippen LogP) is 3.09. The summed E-state index contributed by atoms with van der Waals surface area (Å²) in [6.45, 7) is 2.46. The van der Waals surface area contributed by atoms with Crippen molar-refractivity contribution in [2.75, 3.05) is 25.0 Å². The molecule has 8 nitrogen and oxygen atoms in total. The molecule has 2 saturated carbocycles. The Morgan fingerprint density at radius 3 is 2.31 bits per heavy atom. The monoisotopic (exact) mass is 505 g/mol. The average Bonchev–Trinajstić information content (AvgIpc) is 3.14. The highest BCUT2D eigenvalue weighted by molar-refractivity contribution is 5.84. The maximum Gasteiger partial charge on any atom is 0.260 e. The molecule has 4 heterocycles. The van der Waals surface area contributed by atoms with Gasteiger partial charge in [0.05, 0.1) is 18.1 Å². The summed E-state index contributed by atoms with van der Waals surface area (Å²) in [6, 6.07) is 0.0879. The molecule has 200 valence electrons. The number of aryl methyl sites for hydroxylation is 1. The second-order valence-electron chi connectivity index (χ2n) is 12.0. The molecule has 3 N–H and O–H groups in total. The molecule has 1 aromatic rings. The van der Waals surface area contributed by atoms with Gasteiger partial charge in [-0.15, -0.1) is 0 Å². The van der Waals surface area contributed by atoms with Gasteiger partial charge in [-0.3, -0.25) is 25.0 Å². The Morgan fingerprint density at radius 2 is 1.72 bits per heavy atom. The lowest BCUT2D eigenvalue weighted by Gasteiger charge is -2.55. The molecule has 2 bridgehead atoms. The average molecular weight is 506 g/mol. The van der Waals surface area contributed by atoms with E-state index in [4.69, 9.17) is 0 Å². The number of halogens is 2. The summed E-state index contributed by atoms with van der Waals surface area (Å²) in [5.41, 5.74) is 1.08. The molecule has 2 unspecified atom stereocenters. The van der Waals surface area contributed by atoms with Crippen molar-refractivity contribution in [3.63, 3.8) is 0 Å². The number of carbonyl (C=O) groups excluding carboxylic acids is 1. The zero-order valence-electron chi connectivity index (χ0n) is 21.4. The van der Waals surface area contributed by atoms with Crippen LogP contribution in [0.15, 0.2) is 12.4 Å². The number of likely N-dealkylation sites (tertiary alicyclic amines) is 1. The Hall–Kier alpha value is -1.78. The second kappa shape index (κ2) is 9.51. The van der Waals surface area contributed by atoms with E-state index in [0.717, 1.165) is 38.2 Å². The molecular formula is C26H41F2N7O. The zero-order valence-corrected chi connectivity index (χ0v) is 21.4. The summed E-state index contributed by atoms with van der Waals surface area (Å²) < 4.78 is 29.2. The normalized spacial score (nSPS) is 36.2. The van der Waals surface area contributed by atoms with E-state index in [2.05, 4.69) is 25.9 Å². The van der Waals surface area contributed by atoms with Crippen LogP contribution in [0.25, 0.3) is 0 Å². The minimum atomic E-state index is -2.79. The highest BCUT2D eigenvalue weighted by atomic mass is 19.3. The van der Waals surface area contributed by atoms with Crippen molar-refractivity contribution in [1.29, 1.82) is 0 Å². The number of anilines is 1. The number of rotatable bonds is 4. The van der Waals surface area contributed by atoms with Gasteiger partial charge in [-0.05, 0) is 25.7 Å². The van der Waals surface area contributed by atoms with Gasteiger partial charge in [-0.1, -0.05) is 38.5 Å². The van der Waals surface area contributed by atoms with Crippen molar-refractivity contribution >= 4 is 11.6 Å². The van der Waals surface area contributed by atoms with Crippen LogP contribution in [0.5, 0.6) is 0 Å². The second-order valence-corrected chi connectivity index (χ2v) is 12.0. The molecule has 1 spiro atoms. The third-order valence-corrected chi connectivity index (χ3v) is 9.43. The Labute approximate surface area is 212 Å². The molecule has 5 atom stereocenters. The number of hydrogen-bond donors (Lipinski definition) is 3. The number of aromatic nitrogens is 2. The van der Waals surface area contributed by atoms with Crippen LogP contribution in [-0.2, 0) is 11.8 Å². The lowest BCUT2D eigenvalue weighted by atomic mass is 9.73. The molecule has 3 aliphatic heterocycles. The van der Waals surface area contributed by atoms with Crippen molar-refractivity contribution < 1.29 is 13.6 Å². The van der Waals surface area contributed by atoms with Gasteiger partial charge in [-0.25, -0.2) is 8.78 Å². The Kier molecular flexibility index (Phi) is 6.49. The molecule has 1 amide bonds.